The van der Waals surface area contributed by atoms with Crippen LogP contribution in [0.1, 0.15) is 34.6 Å². The molecule has 1 aliphatic heterocycles. The summed E-state index contributed by atoms with van der Waals surface area (Å²) in [6.45, 7) is 13.6. The van der Waals surface area contributed by atoms with E-state index in [4.69, 9.17) is 9.16 Å². The highest BCUT2D eigenvalue weighted by Crippen LogP contribution is 2.44. The average molecular weight is 287 g/mol. The van der Waals surface area contributed by atoms with E-state index >= 15 is 0 Å². The van der Waals surface area contributed by atoms with Crippen LogP contribution in [0.3, 0.4) is 0 Å². The summed E-state index contributed by atoms with van der Waals surface area (Å²) in [5.41, 5.74) is -0.874. The Morgan fingerprint density at radius 2 is 1.79 bits per heavy atom. The number of β-lactam (4-membered cyclic amide) rings is 1. The standard InChI is InChI=1S/C13H25NO4Si/c1-8(15)17-11-9(10(16)14-11)13(5,12(2,3)4)18-19(6)7/h9,11,19H,1-7H3,(H,14,16)/t9-,11-,13?/m1/s1. The molecular weight excluding hydrogens is 262 g/mol. The predicted molar refractivity (Wildman–Crippen MR) is 75.0 cm³/mol. The molecule has 1 saturated heterocycles. The number of carbonyl (C=O) groups is 2. The summed E-state index contributed by atoms with van der Waals surface area (Å²) in [7, 11) is -1.34. The van der Waals surface area contributed by atoms with Crippen molar-refractivity contribution < 1.29 is 18.8 Å². The molecule has 1 aliphatic rings. The van der Waals surface area contributed by atoms with Gasteiger partial charge in [0, 0.05) is 6.92 Å². The topological polar surface area (TPSA) is 64.6 Å². The summed E-state index contributed by atoms with van der Waals surface area (Å²) in [6.07, 6.45) is -0.582. The molecule has 0 aromatic heterocycles. The van der Waals surface area contributed by atoms with Gasteiger partial charge in [-0.1, -0.05) is 20.8 Å². The van der Waals surface area contributed by atoms with Gasteiger partial charge < -0.3 is 14.5 Å². The van der Waals surface area contributed by atoms with E-state index in [-0.39, 0.29) is 11.3 Å². The van der Waals surface area contributed by atoms with Gasteiger partial charge in [0.25, 0.3) is 0 Å². The van der Waals surface area contributed by atoms with Crippen molar-refractivity contribution in [2.75, 3.05) is 0 Å². The van der Waals surface area contributed by atoms with Gasteiger partial charge >= 0.3 is 5.97 Å². The Labute approximate surface area is 116 Å². The fourth-order valence-corrected chi connectivity index (χ4v) is 3.86. The SMILES string of the molecule is CC(=O)O[C@H]1NC(=O)[C@H]1C(C)(O[SiH](C)C)C(C)(C)C. The van der Waals surface area contributed by atoms with Crippen molar-refractivity contribution in [3.05, 3.63) is 0 Å². The Hall–Kier alpha value is -0.883. The molecule has 1 unspecified atom stereocenters. The Morgan fingerprint density at radius 3 is 2.11 bits per heavy atom. The maximum atomic E-state index is 11.9. The normalized spacial score (nSPS) is 26.4. The molecule has 0 bridgehead atoms. The summed E-state index contributed by atoms with van der Waals surface area (Å²) < 4.78 is 11.3. The van der Waals surface area contributed by atoms with Crippen molar-refractivity contribution in [2.24, 2.45) is 11.3 Å². The highest BCUT2D eigenvalue weighted by molar-refractivity contribution is 6.48. The first-order valence-corrected chi connectivity index (χ1v) is 9.42. The number of ether oxygens (including phenoxy) is 1. The lowest BCUT2D eigenvalue weighted by molar-refractivity contribution is -0.193. The zero-order chi connectivity index (χ0) is 15.0. The summed E-state index contributed by atoms with van der Waals surface area (Å²) in [4.78, 5) is 23.0. The second kappa shape index (κ2) is 5.24. The van der Waals surface area contributed by atoms with Gasteiger partial charge in [0.05, 0.1) is 5.60 Å². The molecule has 1 rings (SSSR count). The first kappa shape index (κ1) is 16.2. The second-order valence-corrected chi connectivity index (χ2v) is 8.87. The Morgan fingerprint density at radius 1 is 1.26 bits per heavy atom. The molecule has 19 heavy (non-hydrogen) atoms. The first-order valence-electron chi connectivity index (χ1n) is 6.64. The molecule has 0 aromatic carbocycles. The highest BCUT2D eigenvalue weighted by atomic mass is 28.3. The van der Waals surface area contributed by atoms with Crippen molar-refractivity contribution in [1.82, 2.24) is 5.32 Å². The Balaban J connectivity index is 3.03. The Bertz CT molecular complexity index is 377. The maximum absolute atomic E-state index is 11.9. The van der Waals surface area contributed by atoms with Gasteiger partial charge in [-0.05, 0) is 25.4 Å². The van der Waals surface area contributed by atoms with Gasteiger partial charge in [0.1, 0.15) is 5.92 Å². The third kappa shape index (κ3) is 3.17. The smallest absolute Gasteiger partial charge is 0.304 e. The number of rotatable bonds is 4. The van der Waals surface area contributed by atoms with Crippen LogP contribution in [0.5, 0.6) is 0 Å². The fraction of sp³-hybridized carbons (Fsp3) is 0.846. The van der Waals surface area contributed by atoms with Crippen LogP contribution >= 0.6 is 0 Å². The van der Waals surface area contributed by atoms with Crippen LogP contribution in [0.15, 0.2) is 0 Å². The van der Waals surface area contributed by atoms with E-state index in [0.717, 1.165) is 0 Å². The second-order valence-electron chi connectivity index (χ2n) is 6.54. The molecule has 0 radical (unpaired) electrons. The van der Waals surface area contributed by atoms with Crippen LogP contribution < -0.4 is 5.32 Å². The summed E-state index contributed by atoms with van der Waals surface area (Å²) in [5, 5.41) is 2.63. The number of nitrogens with one attached hydrogen (secondary N) is 1. The zero-order valence-electron chi connectivity index (χ0n) is 12.9. The van der Waals surface area contributed by atoms with Crippen LogP contribution in [-0.4, -0.2) is 32.7 Å². The molecule has 1 fully saturated rings. The van der Waals surface area contributed by atoms with Crippen molar-refractivity contribution in [2.45, 2.75) is 59.5 Å². The van der Waals surface area contributed by atoms with Crippen molar-refractivity contribution >= 4 is 20.9 Å². The third-order valence-corrected chi connectivity index (χ3v) is 4.69. The predicted octanol–water partition coefficient (Wildman–Crippen LogP) is 1.43. The number of hydrogen-bond acceptors (Lipinski definition) is 4. The molecule has 5 nitrogen and oxygen atoms in total. The number of esters is 1. The lowest BCUT2D eigenvalue weighted by atomic mass is 9.67. The van der Waals surface area contributed by atoms with Crippen LogP contribution in [0.25, 0.3) is 0 Å². The lowest BCUT2D eigenvalue weighted by Gasteiger charge is -2.53. The molecule has 0 aliphatic carbocycles. The summed E-state index contributed by atoms with van der Waals surface area (Å²) >= 11 is 0. The molecule has 1 N–H and O–H groups in total. The molecule has 1 amide bonds. The number of carbonyl (C=O) groups excluding carboxylic acids is 2. The van der Waals surface area contributed by atoms with Gasteiger partial charge in [-0.25, -0.2) is 0 Å². The molecule has 0 saturated carbocycles. The van der Waals surface area contributed by atoms with E-state index in [9.17, 15) is 9.59 Å². The van der Waals surface area contributed by atoms with E-state index in [1.807, 2.05) is 27.7 Å². The van der Waals surface area contributed by atoms with E-state index in [1.54, 1.807) is 0 Å². The van der Waals surface area contributed by atoms with E-state index in [0.29, 0.717) is 0 Å². The summed E-state index contributed by atoms with van der Waals surface area (Å²) in [6, 6.07) is 0. The van der Waals surface area contributed by atoms with E-state index in [1.165, 1.54) is 6.92 Å². The zero-order valence-corrected chi connectivity index (χ0v) is 14.0. The monoisotopic (exact) mass is 287 g/mol. The maximum Gasteiger partial charge on any atom is 0.304 e. The molecular formula is C13H25NO4Si. The lowest BCUT2D eigenvalue weighted by Crippen LogP contribution is -2.71. The quantitative estimate of drug-likeness (QED) is 0.482. The minimum absolute atomic E-state index is 0.113. The van der Waals surface area contributed by atoms with Crippen LogP contribution in [-0.2, 0) is 18.8 Å². The third-order valence-electron chi connectivity index (χ3n) is 3.73. The van der Waals surface area contributed by atoms with Crippen LogP contribution in [0.2, 0.25) is 13.1 Å². The van der Waals surface area contributed by atoms with Crippen LogP contribution in [0, 0.1) is 11.3 Å². The Kier molecular flexibility index (Phi) is 4.46. The van der Waals surface area contributed by atoms with Gasteiger partial charge in [0.15, 0.2) is 15.3 Å². The van der Waals surface area contributed by atoms with Gasteiger partial charge in [-0.2, -0.15) is 0 Å². The minimum Gasteiger partial charge on any atom is -0.441 e. The van der Waals surface area contributed by atoms with E-state index in [2.05, 4.69) is 18.4 Å². The van der Waals surface area contributed by atoms with Gasteiger partial charge in [-0.15, -0.1) is 0 Å². The highest BCUT2D eigenvalue weighted by Gasteiger charge is 2.58. The summed E-state index contributed by atoms with van der Waals surface area (Å²) in [5.74, 6) is -0.960. The number of amides is 1. The van der Waals surface area contributed by atoms with E-state index < -0.39 is 32.8 Å². The van der Waals surface area contributed by atoms with Crippen molar-refractivity contribution in [3.63, 3.8) is 0 Å². The first-order chi connectivity index (χ1) is 8.49. The van der Waals surface area contributed by atoms with Crippen molar-refractivity contribution in [3.8, 4) is 0 Å². The van der Waals surface area contributed by atoms with Gasteiger partial charge in [-0.3, -0.25) is 9.59 Å². The van der Waals surface area contributed by atoms with Crippen LogP contribution in [0.4, 0.5) is 0 Å². The number of hydrogen-bond donors (Lipinski definition) is 1. The average Bonchev–Trinajstić information content (AvgIpc) is 2.11. The molecule has 1 heterocycles. The fourth-order valence-electron chi connectivity index (χ4n) is 2.38. The minimum atomic E-state index is -1.34. The molecule has 110 valence electrons. The molecule has 0 spiro atoms. The molecule has 3 atom stereocenters. The van der Waals surface area contributed by atoms with Crippen molar-refractivity contribution in [1.29, 1.82) is 0 Å². The molecule has 0 aromatic rings. The van der Waals surface area contributed by atoms with Gasteiger partial charge in [0.2, 0.25) is 5.91 Å². The largest absolute Gasteiger partial charge is 0.441 e. The molecule has 6 heteroatoms.